The predicted octanol–water partition coefficient (Wildman–Crippen LogP) is 8.27. The summed E-state index contributed by atoms with van der Waals surface area (Å²) in [7, 11) is 7.56. The van der Waals surface area contributed by atoms with Gasteiger partial charge in [0.05, 0.1) is 45.5 Å². The number of hydrogen-bond acceptors (Lipinski definition) is 14. The lowest BCUT2D eigenvalue weighted by atomic mass is 10.0. The van der Waals surface area contributed by atoms with Crippen LogP contribution in [0, 0.1) is 11.3 Å². The molecule has 0 saturated carbocycles. The van der Waals surface area contributed by atoms with Gasteiger partial charge in [0.1, 0.15) is 30.7 Å². The summed E-state index contributed by atoms with van der Waals surface area (Å²) >= 11 is 0. The highest BCUT2D eigenvalue weighted by Gasteiger charge is 2.64. The summed E-state index contributed by atoms with van der Waals surface area (Å²) in [6.45, 7) is 4.74. The maximum Gasteiger partial charge on any atom is 0.305 e. The van der Waals surface area contributed by atoms with Gasteiger partial charge in [-0.05, 0) is 33.4 Å². The third-order valence-electron chi connectivity index (χ3n) is 10.7. The highest BCUT2D eigenvalue weighted by atomic mass is 31.2. The minimum Gasteiger partial charge on any atom is -0.469 e. The van der Waals surface area contributed by atoms with Crippen molar-refractivity contribution < 1.29 is 32.9 Å². The molecule has 0 aromatic carbocycles. The molecule has 2 bridgehead atoms. The number of carbonyl (C=O) groups excluding carboxylic acids is 1. The molecule has 59 heavy (non-hydrogen) atoms. The number of imidazole rings is 1. The normalized spacial score (nSPS) is 20.7. The van der Waals surface area contributed by atoms with E-state index < -0.39 is 32.6 Å². The Hall–Kier alpha value is -2.87. The number of ether oxygens (including phenoxy) is 3. The molecule has 0 spiro atoms. The molecule has 2 aromatic rings. The summed E-state index contributed by atoms with van der Waals surface area (Å²) in [5.41, 5.74) is 0.219. The molecule has 332 valence electrons. The van der Waals surface area contributed by atoms with E-state index in [0.717, 1.165) is 45.2 Å². The monoisotopic (exact) mass is 846 g/mol. The molecule has 5 atom stereocenters. The topological polar surface area (TPSA) is 162 Å². The number of hydrogen-bond donors (Lipinski definition) is 0. The molecule has 3 unspecified atom stereocenters. The number of nitrogens with zero attached hydrogens (tertiary/aromatic N) is 9. The van der Waals surface area contributed by atoms with Gasteiger partial charge in [-0.15, -0.1) is 0 Å². The zero-order chi connectivity index (χ0) is 42.3. The van der Waals surface area contributed by atoms with Crippen molar-refractivity contribution in [2.75, 3.05) is 68.2 Å². The first kappa shape index (κ1) is 48.8. The van der Waals surface area contributed by atoms with Crippen molar-refractivity contribution in [2.45, 2.75) is 153 Å². The van der Waals surface area contributed by atoms with Crippen molar-refractivity contribution in [3.8, 4) is 6.07 Å². The fourth-order valence-corrected chi connectivity index (χ4v) is 8.67. The lowest BCUT2D eigenvalue weighted by molar-refractivity contribution is -0.243. The summed E-state index contributed by atoms with van der Waals surface area (Å²) < 4.78 is 34.8. The molecule has 2 saturated heterocycles. The Bertz CT molecular complexity index is 1560. The van der Waals surface area contributed by atoms with E-state index in [-0.39, 0.29) is 25.6 Å². The second-order valence-corrected chi connectivity index (χ2v) is 17.9. The number of unbranched alkanes of at least 4 members (excludes halogenated alkanes) is 15. The van der Waals surface area contributed by atoms with Crippen molar-refractivity contribution in [3.63, 3.8) is 0 Å². The van der Waals surface area contributed by atoms with Gasteiger partial charge in [-0.25, -0.2) is 24.6 Å². The van der Waals surface area contributed by atoms with Crippen molar-refractivity contribution in [2.24, 2.45) is 4.99 Å². The number of hydroxylamine groups is 2. The van der Waals surface area contributed by atoms with Gasteiger partial charge in [-0.1, -0.05) is 96.8 Å². The fourth-order valence-electron chi connectivity index (χ4n) is 7.43. The van der Waals surface area contributed by atoms with Crippen LogP contribution >= 0.6 is 8.53 Å². The Morgan fingerprint density at radius 1 is 0.966 bits per heavy atom. The Kier molecular flexibility index (Phi) is 22.5. The lowest BCUT2D eigenvalue weighted by Crippen LogP contribution is -2.48. The van der Waals surface area contributed by atoms with Gasteiger partial charge in [0.15, 0.2) is 23.2 Å². The lowest BCUT2D eigenvalue weighted by Gasteiger charge is -2.34. The van der Waals surface area contributed by atoms with E-state index in [1.54, 1.807) is 12.7 Å². The van der Waals surface area contributed by atoms with Gasteiger partial charge < -0.3 is 28.2 Å². The van der Waals surface area contributed by atoms with Crippen LogP contribution in [0.2, 0.25) is 0 Å². The van der Waals surface area contributed by atoms with Gasteiger partial charge in [-0.2, -0.15) is 10.3 Å². The van der Waals surface area contributed by atoms with Crippen LogP contribution in [-0.4, -0.2) is 132 Å². The van der Waals surface area contributed by atoms with Crippen LogP contribution in [0.3, 0.4) is 0 Å². The number of aromatic nitrogens is 4. The third-order valence-corrected chi connectivity index (χ3v) is 12.2. The van der Waals surface area contributed by atoms with E-state index >= 15 is 0 Å². The van der Waals surface area contributed by atoms with E-state index in [2.05, 4.69) is 38.0 Å². The minimum atomic E-state index is -1.52. The van der Waals surface area contributed by atoms with Crippen molar-refractivity contribution in [1.29, 1.82) is 5.26 Å². The molecule has 4 heterocycles. The summed E-state index contributed by atoms with van der Waals surface area (Å²) in [6.07, 6.45) is 24.4. The van der Waals surface area contributed by atoms with Crippen molar-refractivity contribution >= 4 is 37.8 Å². The largest absolute Gasteiger partial charge is 0.469 e. The van der Waals surface area contributed by atoms with Gasteiger partial charge in [0.2, 0.25) is 0 Å². The van der Waals surface area contributed by atoms with Crippen LogP contribution in [0.1, 0.15) is 135 Å². The zero-order valence-electron chi connectivity index (χ0n) is 36.8. The summed E-state index contributed by atoms with van der Waals surface area (Å²) in [5.74, 6) is 0.365. The molecule has 2 fully saturated rings. The number of aliphatic imine (C=N–C) groups is 1. The quantitative estimate of drug-likeness (QED) is 0.0169. The molecule has 2 aliphatic rings. The zero-order valence-corrected chi connectivity index (χ0v) is 37.7. The van der Waals surface area contributed by atoms with Crippen LogP contribution in [0.25, 0.3) is 11.2 Å². The smallest absolute Gasteiger partial charge is 0.305 e. The number of fused-ring (bicyclic) bond motifs is 3. The first-order valence-electron chi connectivity index (χ1n) is 22.0. The second kappa shape index (κ2) is 27.2. The summed E-state index contributed by atoms with van der Waals surface area (Å²) in [4.78, 5) is 37.9. The molecule has 0 amide bonds. The maximum atomic E-state index is 11.2. The number of esters is 1. The number of rotatable bonds is 33. The molecule has 2 aromatic heterocycles. The highest BCUT2D eigenvalue weighted by molar-refractivity contribution is 7.44. The average molecular weight is 846 g/mol. The van der Waals surface area contributed by atoms with E-state index in [4.69, 9.17) is 28.1 Å². The van der Waals surface area contributed by atoms with Crippen LogP contribution in [-0.2, 0) is 32.9 Å². The Morgan fingerprint density at radius 2 is 1.61 bits per heavy atom. The molecule has 4 rings (SSSR count). The number of nitriles is 1. The second-order valence-electron chi connectivity index (χ2n) is 16.1. The number of carbonyl (C=O) groups is 1. The molecular formula is C42H72N9O7P. The molecule has 17 heteroatoms. The summed E-state index contributed by atoms with van der Waals surface area (Å²) in [5, 5.41) is 11.3. The average Bonchev–Trinajstić information content (AvgIpc) is 3.91. The molecular weight excluding hydrogens is 773 g/mol. The van der Waals surface area contributed by atoms with Crippen molar-refractivity contribution in [1.82, 2.24) is 34.2 Å². The molecule has 0 aliphatic carbocycles. The Balaban J connectivity index is 1.34. The summed E-state index contributed by atoms with van der Waals surface area (Å²) in [6, 6.07) is 2.15. The standard InChI is InChI=1S/C42H72N9O7P/c1-7-8-9-22-27-50(28-23-20-18-16-14-12-10-11-13-15-17-19-21-25-35(52)53-6)55-31-42-30-54-37(38(42)58-59(49(4)5)56-29-24-26-43)41(57-42)51-34-46-36-39(47-33-48(2)3)44-32-45-40(36)51/h32-34,37-38,41H,7-25,27-31H2,1-6H3/b47-33-/t37?,38?,41-,42-,59?/m1/s1. The van der Waals surface area contributed by atoms with Crippen molar-refractivity contribution in [3.05, 3.63) is 12.7 Å². The van der Waals surface area contributed by atoms with Crippen LogP contribution in [0.4, 0.5) is 5.82 Å². The van der Waals surface area contributed by atoms with E-state index in [1.165, 1.54) is 90.5 Å². The highest BCUT2D eigenvalue weighted by Crippen LogP contribution is 2.54. The van der Waals surface area contributed by atoms with Crippen LogP contribution in [0.5, 0.6) is 0 Å². The Labute approximate surface area is 354 Å². The van der Waals surface area contributed by atoms with Crippen LogP contribution in [0.15, 0.2) is 17.6 Å². The van der Waals surface area contributed by atoms with Gasteiger partial charge >= 0.3 is 5.97 Å². The maximum absolute atomic E-state index is 11.2. The predicted molar refractivity (Wildman–Crippen MR) is 230 cm³/mol. The first-order chi connectivity index (χ1) is 28.7. The van der Waals surface area contributed by atoms with Gasteiger partial charge in [0.25, 0.3) is 8.53 Å². The third kappa shape index (κ3) is 15.8. The van der Waals surface area contributed by atoms with Gasteiger partial charge in [0, 0.05) is 33.6 Å². The fraction of sp³-hybridized carbons (Fsp3) is 0.810. The Morgan fingerprint density at radius 3 is 2.22 bits per heavy atom. The van der Waals surface area contributed by atoms with E-state index in [1.807, 2.05) is 42.3 Å². The van der Waals surface area contributed by atoms with E-state index in [0.29, 0.717) is 30.0 Å². The first-order valence-corrected chi connectivity index (χ1v) is 23.1. The minimum absolute atomic E-state index is 0.0987. The number of methoxy groups -OCH3 is 1. The molecule has 0 N–H and O–H groups in total. The van der Waals surface area contributed by atoms with Gasteiger partial charge in [-0.3, -0.25) is 14.2 Å². The SMILES string of the molecule is CCCCCCN(CCCCCCCCCCCCCCCC(=O)OC)OC[C@]12COC(C1OP(OCCC#N)N(C)C)[C@H](n1cnc3c(/N=C\N(C)C)ncnc31)O2. The van der Waals surface area contributed by atoms with E-state index in [9.17, 15) is 10.1 Å². The molecule has 2 aliphatic heterocycles. The van der Waals surface area contributed by atoms with Crippen LogP contribution < -0.4 is 0 Å². The molecule has 0 radical (unpaired) electrons. The molecule has 16 nitrogen and oxygen atoms in total.